The van der Waals surface area contributed by atoms with E-state index in [4.69, 9.17) is 9.47 Å². The van der Waals surface area contributed by atoms with Gasteiger partial charge in [0.15, 0.2) is 0 Å². The average Bonchev–Trinajstić information content (AvgIpc) is 2.49. The predicted octanol–water partition coefficient (Wildman–Crippen LogP) is 1.58. The molecule has 0 N–H and O–H groups in total. The van der Waals surface area contributed by atoms with E-state index in [-0.39, 0.29) is 5.97 Å². The van der Waals surface area contributed by atoms with Crippen LogP contribution in [0.5, 0.6) is 0 Å². The monoisotopic (exact) mass is 278 g/mol. The summed E-state index contributed by atoms with van der Waals surface area (Å²) in [5.74, 6) is -0.188. The molecule has 1 unspecified atom stereocenters. The molecule has 1 fully saturated rings. The van der Waals surface area contributed by atoms with Gasteiger partial charge in [-0.15, -0.1) is 0 Å². The third-order valence-electron chi connectivity index (χ3n) is 3.72. The third kappa shape index (κ3) is 3.35. The summed E-state index contributed by atoms with van der Waals surface area (Å²) in [6, 6.07) is 5.80. The normalized spacial score (nSPS) is 19.3. The van der Waals surface area contributed by atoms with Gasteiger partial charge in [-0.05, 0) is 26.0 Å². The lowest BCUT2D eigenvalue weighted by Crippen LogP contribution is -2.51. The molecule has 2 heterocycles. The Bertz CT molecular complexity index is 432. The van der Waals surface area contributed by atoms with Gasteiger partial charge in [0.05, 0.1) is 37.5 Å². The van der Waals surface area contributed by atoms with Crippen molar-refractivity contribution in [2.45, 2.75) is 25.8 Å². The van der Waals surface area contributed by atoms with Crippen LogP contribution in [-0.4, -0.2) is 48.8 Å². The number of aromatic nitrogens is 1. The van der Waals surface area contributed by atoms with Crippen LogP contribution in [0.4, 0.5) is 0 Å². The van der Waals surface area contributed by atoms with Gasteiger partial charge in [-0.2, -0.15) is 0 Å². The molecule has 110 valence electrons. The summed E-state index contributed by atoms with van der Waals surface area (Å²) in [6.45, 7) is 7.25. The zero-order valence-corrected chi connectivity index (χ0v) is 12.2. The van der Waals surface area contributed by atoms with Crippen LogP contribution in [-0.2, 0) is 19.8 Å². The van der Waals surface area contributed by atoms with Crippen molar-refractivity contribution in [2.24, 2.45) is 0 Å². The molecule has 0 aliphatic carbocycles. The lowest BCUT2D eigenvalue weighted by molar-refractivity contribution is -0.147. The van der Waals surface area contributed by atoms with Gasteiger partial charge in [-0.3, -0.25) is 14.7 Å². The number of nitrogens with zero attached hydrogens (tertiary/aromatic N) is 2. The van der Waals surface area contributed by atoms with E-state index in [0.717, 1.165) is 18.8 Å². The van der Waals surface area contributed by atoms with Crippen LogP contribution in [0.3, 0.4) is 0 Å². The van der Waals surface area contributed by atoms with Gasteiger partial charge in [0, 0.05) is 19.3 Å². The summed E-state index contributed by atoms with van der Waals surface area (Å²) < 4.78 is 10.5. The summed E-state index contributed by atoms with van der Waals surface area (Å²) in [5.41, 5.74) is 0.451. The van der Waals surface area contributed by atoms with E-state index in [1.54, 1.807) is 6.20 Å². The molecule has 2 rings (SSSR count). The Hall–Kier alpha value is -1.46. The summed E-state index contributed by atoms with van der Waals surface area (Å²) in [5, 5.41) is 0. The van der Waals surface area contributed by atoms with Crippen LogP contribution in [0.2, 0.25) is 0 Å². The van der Waals surface area contributed by atoms with E-state index >= 15 is 0 Å². The highest BCUT2D eigenvalue weighted by Crippen LogP contribution is 2.31. The second-order valence-electron chi connectivity index (χ2n) is 5.07. The Morgan fingerprint density at radius 1 is 1.45 bits per heavy atom. The van der Waals surface area contributed by atoms with Gasteiger partial charge in [-0.25, -0.2) is 0 Å². The smallest absolute Gasteiger partial charge is 0.308 e. The second-order valence-corrected chi connectivity index (χ2v) is 5.07. The van der Waals surface area contributed by atoms with Crippen molar-refractivity contribution in [3.8, 4) is 0 Å². The zero-order valence-electron chi connectivity index (χ0n) is 12.2. The van der Waals surface area contributed by atoms with Crippen molar-refractivity contribution in [1.29, 1.82) is 0 Å². The first-order valence-electron chi connectivity index (χ1n) is 7.07. The number of carbonyl (C=O) groups is 1. The molecule has 5 nitrogen and oxygen atoms in total. The maximum atomic E-state index is 12.0. The molecule has 0 aromatic carbocycles. The molecule has 1 aliphatic rings. The molecule has 1 aromatic heterocycles. The SMILES string of the molecule is CCOC(=O)CC(C)(c1ccccn1)N1CCOCC1. The molecule has 1 atom stereocenters. The van der Waals surface area contributed by atoms with Crippen molar-refractivity contribution in [2.75, 3.05) is 32.9 Å². The molecule has 0 saturated carbocycles. The first-order valence-corrected chi connectivity index (χ1v) is 7.07. The molecule has 0 spiro atoms. The Kier molecular flexibility index (Phi) is 5.09. The quantitative estimate of drug-likeness (QED) is 0.765. The fourth-order valence-electron chi connectivity index (χ4n) is 2.60. The van der Waals surface area contributed by atoms with E-state index in [2.05, 4.69) is 16.8 Å². The van der Waals surface area contributed by atoms with Crippen molar-refractivity contribution in [3.63, 3.8) is 0 Å². The van der Waals surface area contributed by atoms with Crippen LogP contribution in [0.25, 0.3) is 0 Å². The Morgan fingerprint density at radius 2 is 2.20 bits per heavy atom. The first-order chi connectivity index (χ1) is 9.66. The van der Waals surface area contributed by atoms with Gasteiger partial charge < -0.3 is 9.47 Å². The minimum Gasteiger partial charge on any atom is -0.466 e. The molecule has 1 aliphatic heterocycles. The van der Waals surface area contributed by atoms with E-state index in [1.165, 1.54) is 0 Å². The molecule has 20 heavy (non-hydrogen) atoms. The number of pyridine rings is 1. The maximum Gasteiger partial charge on any atom is 0.308 e. The third-order valence-corrected chi connectivity index (χ3v) is 3.72. The van der Waals surface area contributed by atoms with Crippen LogP contribution in [0.15, 0.2) is 24.4 Å². The van der Waals surface area contributed by atoms with E-state index < -0.39 is 5.54 Å². The Balaban J connectivity index is 2.24. The Labute approximate surface area is 119 Å². The molecular weight excluding hydrogens is 256 g/mol. The Morgan fingerprint density at radius 3 is 2.80 bits per heavy atom. The van der Waals surface area contributed by atoms with Crippen LogP contribution in [0, 0.1) is 0 Å². The molecular formula is C15H22N2O3. The predicted molar refractivity (Wildman–Crippen MR) is 75.2 cm³/mol. The molecule has 0 amide bonds. The number of ether oxygens (including phenoxy) is 2. The first kappa shape index (κ1) is 14.9. The molecule has 1 saturated heterocycles. The number of esters is 1. The van der Waals surface area contributed by atoms with E-state index in [1.807, 2.05) is 25.1 Å². The number of carbonyl (C=O) groups excluding carboxylic acids is 1. The standard InChI is InChI=1S/C15H22N2O3/c1-3-20-14(18)12-15(2,13-6-4-5-7-16-13)17-8-10-19-11-9-17/h4-7H,3,8-12H2,1-2H3. The van der Waals surface area contributed by atoms with E-state index in [0.29, 0.717) is 26.2 Å². The molecule has 1 aromatic rings. The van der Waals surface area contributed by atoms with Crippen LogP contribution in [0.1, 0.15) is 26.0 Å². The topological polar surface area (TPSA) is 51.7 Å². The molecule has 0 radical (unpaired) electrons. The fourth-order valence-corrected chi connectivity index (χ4v) is 2.60. The van der Waals surface area contributed by atoms with Crippen molar-refractivity contribution >= 4 is 5.97 Å². The number of rotatable bonds is 5. The summed E-state index contributed by atoms with van der Waals surface area (Å²) in [6.07, 6.45) is 2.07. The largest absolute Gasteiger partial charge is 0.466 e. The average molecular weight is 278 g/mol. The second kappa shape index (κ2) is 6.81. The summed E-state index contributed by atoms with van der Waals surface area (Å²) in [4.78, 5) is 18.7. The van der Waals surface area contributed by atoms with Crippen molar-refractivity contribution in [3.05, 3.63) is 30.1 Å². The zero-order chi connectivity index (χ0) is 14.4. The minimum atomic E-state index is -0.447. The minimum absolute atomic E-state index is 0.188. The van der Waals surface area contributed by atoms with E-state index in [9.17, 15) is 4.79 Å². The van der Waals surface area contributed by atoms with Gasteiger partial charge in [0.25, 0.3) is 0 Å². The number of hydrogen-bond donors (Lipinski definition) is 0. The van der Waals surface area contributed by atoms with Gasteiger partial charge >= 0.3 is 5.97 Å². The van der Waals surface area contributed by atoms with Crippen LogP contribution >= 0.6 is 0 Å². The highest BCUT2D eigenvalue weighted by Gasteiger charge is 2.38. The summed E-state index contributed by atoms with van der Waals surface area (Å²) in [7, 11) is 0. The lowest BCUT2D eigenvalue weighted by atomic mass is 9.90. The van der Waals surface area contributed by atoms with Gasteiger partial charge in [0.1, 0.15) is 0 Å². The van der Waals surface area contributed by atoms with Crippen LogP contribution < -0.4 is 0 Å². The van der Waals surface area contributed by atoms with Gasteiger partial charge in [-0.1, -0.05) is 6.07 Å². The molecule has 0 bridgehead atoms. The maximum absolute atomic E-state index is 12.0. The van der Waals surface area contributed by atoms with Crippen molar-refractivity contribution < 1.29 is 14.3 Å². The fraction of sp³-hybridized carbons (Fsp3) is 0.600. The number of hydrogen-bond acceptors (Lipinski definition) is 5. The summed E-state index contributed by atoms with van der Waals surface area (Å²) >= 11 is 0. The number of morpholine rings is 1. The molecule has 5 heteroatoms. The van der Waals surface area contributed by atoms with Crippen molar-refractivity contribution in [1.82, 2.24) is 9.88 Å². The van der Waals surface area contributed by atoms with Gasteiger partial charge in [0.2, 0.25) is 0 Å². The highest BCUT2D eigenvalue weighted by molar-refractivity contribution is 5.71. The lowest BCUT2D eigenvalue weighted by Gasteiger charge is -2.42. The highest BCUT2D eigenvalue weighted by atomic mass is 16.5.